The second-order valence-electron chi connectivity index (χ2n) is 4.83. The van der Waals surface area contributed by atoms with E-state index in [1.165, 1.54) is 14.7 Å². The van der Waals surface area contributed by atoms with Crippen LogP contribution in [0.15, 0.2) is 46.9 Å². The smallest absolute Gasteiger partial charge is 0.122 e. The summed E-state index contributed by atoms with van der Waals surface area (Å²) in [4.78, 5) is 0. The molecule has 0 saturated heterocycles. The highest BCUT2D eigenvalue weighted by Gasteiger charge is 2.14. The van der Waals surface area contributed by atoms with Crippen LogP contribution in [0.3, 0.4) is 0 Å². The number of likely N-dealkylation sites (N-methyl/N-ethyl adjacent to an activating group) is 1. The standard InChI is InChI=1S/C17H19BrINO/c1-3-20-16(12-5-4-6-15(19)10-12)11-13-9-14(18)7-8-17(13)21-2/h4-10,16,20H,3,11H2,1-2H3. The number of rotatable bonds is 6. The van der Waals surface area contributed by atoms with Gasteiger partial charge in [-0.1, -0.05) is 35.0 Å². The lowest BCUT2D eigenvalue weighted by molar-refractivity contribution is 0.405. The SMILES string of the molecule is CCNC(Cc1cc(Br)ccc1OC)c1cccc(I)c1. The number of nitrogens with one attached hydrogen (secondary N) is 1. The molecule has 1 unspecified atom stereocenters. The van der Waals surface area contributed by atoms with Crippen LogP contribution in [-0.2, 0) is 6.42 Å². The summed E-state index contributed by atoms with van der Waals surface area (Å²) in [5.41, 5.74) is 2.52. The van der Waals surface area contributed by atoms with Gasteiger partial charge >= 0.3 is 0 Å². The molecule has 0 aliphatic heterocycles. The fraction of sp³-hybridized carbons (Fsp3) is 0.294. The highest BCUT2D eigenvalue weighted by molar-refractivity contribution is 14.1. The Morgan fingerprint density at radius 3 is 2.71 bits per heavy atom. The zero-order valence-corrected chi connectivity index (χ0v) is 15.9. The fourth-order valence-electron chi connectivity index (χ4n) is 2.40. The average Bonchev–Trinajstić information content (AvgIpc) is 2.47. The van der Waals surface area contributed by atoms with Crippen molar-refractivity contribution in [3.8, 4) is 5.75 Å². The minimum absolute atomic E-state index is 0.285. The van der Waals surface area contributed by atoms with Gasteiger partial charge in [0.25, 0.3) is 0 Å². The van der Waals surface area contributed by atoms with Gasteiger partial charge in [0.1, 0.15) is 5.75 Å². The summed E-state index contributed by atoms with van der Waals surface area (Å²) in [6, 6.07) is 15.1. The van der Waals surface area contributed by atoms with Crippen LogP contribution in [-0.4, -0.2) is 13.7 Å². The fourth-order valence-corrected chi connectivity index (χ4v) is 3.38. The molecule has 0 aromatic heterocycles. The van der Waals surface area contributed by atoms with Crippen LogP contribution >= 0.6 is 38.5 Å². The molecule has 112 valence electrons. The van der Waals surface area contributed by atoms with E-state index in [2.05, 4.69) is 81.1 Å². The van der Waals surface area contributed by atoms with Gasteiger partial charge in [0.05, 0.1) is 7.11 Å². The summed E-state index contributed by atoms with van der Waals surface area (Å²) < 4.78 is 7.83. The van der Waals surface area contributed by atoms with Gasteiger partial charge in [-0.05, 0) is 77.0 Å². The molecule has 2 rings (SSSR count). The van der Waals surface area contributed by atoms with Crippen molar-refractivity contribution in [2.24, 2.45) is 0 Å². The Kier molecular flexibility index (Phi) is 6.51. The minimum Gasteiger partial charge on any atom is -0.496 e. The van der Waals surface area contributed by atoms with Crippen LogP contribution < -0.4 is 10.1 Å². The topological polar surface area (TPSA) is 21.3 Å². The lowest BCUT2D eigenvalue weighted by Crippen LogP contribution is -2.23. The maximum atomic E-state index is 5.49. The first kappa shape index (κ1) is 16.8. The third-order valence-electron chi connectivity index (χ3n) is 3.37. The maximum absolute atomic E-state index is 5.49. The second kappa shape index (κ2) is 8.15. The molecule has 0 radical (unpaired) electrons. The summed E-state index contributed by atoms with van der Waals surface area (Å²) in [7, 11) is 1.72. The molecule has 1 N–H and O–H groups in total. The molecule has 21 heavy (non-hydrogen) atoms. The van der Waals surface area contributed by atoms with Gasteiger partial charge in [0.2, 0.25) is 0 Å². The van der Waals surface area contributed by atoms with Crippen LogP contribution in [0, 0.1) is 3.57 Å². The van der Waals surface area contributed by atoms with Gasteiger partial charge in [0.15, 0.2) is 0 Å². The summed E-state index contributed by atoms with van der Waals surface area (Å²) in [5, 5.41) is 3.57. The van der Waals surface area contributed by atoms with Crippen molar-refractivity contribution in [1.29, 1.82) is 0 Å². The highest BCUT2D eigenvalue weighted by Crippen LogP contribution is 2.28. The first-order valence-electron chi connectivity index (χ1n) is 6.95. The summed E-state index contributed by atoms with van der Waals surface area (Å²) in [6.45, 7) is 3.07. The first-order valence-corrected chi connectivity index (χ1v) is 8.82. The van der Waals surface area contributed by atoms with Crippen LogP contribution in [0.1, 0.15) is 24.1 Å². The van der Waals surface area contributed by atoms with Gasteiger partial charge in [-0.15, -0.1) is 0 Å². The van der Waals surface area contributed by atoms with Gasteiger partial charge in [0, 0.05) is 14.1 Å². The number of hydrogen-bond donors (Lipinski definition) is 1. The summed E-state index contributed by atoms with van der Waals surface area (Å²) in [5.74, 6) is 0.937. The van der Waals surface area contributed by atoms with E-state index in [0.29, 0.717) is 0 Å². The third kappa shape index (κ3) is 4.69. The van der Waals surface area contributed by atoms with E-state index < -0.39 is 0 Å². The third-order valence-corrected chi connectivity index (χ3v) is 4.53. The van der Waals surface area contributed by atoms with Crippen LogP contribution in [0.25, 0.3) is 0 Å². The molecule has 2 nitrogen and oxygen atoms in total. The Morgan fingerprint density at radius 2 is 2.05 bits per heavy atom. The zero-order chi connectivity index (χ0) is 15.2. The maximum Gasteiger partial charge on any atom is 0.122 e. The Bertz CT molecular complexity index is 603. The van der Waals surface area contributed by atoms with Crippen molar-refractivity contribution < 1.29 is 4.74 Å². The van der Waals surface area contributed by atoms with E-state index in [9.17, 15) is 0 Å². The van der Waals surface area contributed by atoms with Crippen molar-refractivity contribution in [2.45, 2.75) is 19.4 Å². The van der Waals surface area contributed by atoms with Crippen molar-refractivity contribution in [2.75, 3.05) is 13.7 Å². The molecule has 0 aliphatic rings. The Balaban J connectivity index is 2.30. The number of hydrogen-bond acceptors (Lipinski definition) is 2. The van der Waals surface area contributed by atoms with Gasteiger partial charge < -0.3 is 10.1 Å². The van der Waals surface area contributed by atoms with Crippen LogP contribution in [0.2, 0.25) is 0 Å². The molecule has 0 bridgehead atoms. The molecule has 0 fully saturated rings. The first-order chi connectivity index (χ1) is 10.1. The second-order valence-corrected chi connectivity index (χ2v) is 6.99. The molecule has 2 aromatic carbocycles. The Morgan fingerprint density at radius 1 is 1.24 bits per heavy atom. The van der Waals surface area contributed by atoms with Crippen LogP contribution in [0.5, 0.6) is 5.75 Å². The van der Waals surface area contributed by atoms with Crippen molar-refractivity contribution >= 4 is 38.5 Å². The Hall–Kier alpha value is -0.590. The van der Waals surface area contributed by atoms with Crippen molar-refractivity contribution in [3.05, 3.63) is 61.6 Å². The Labute approximate surface area is 148 Å². The number of halogens is 2. The summed E-state index contributed by atoms with van der Waals surface area (Å²) >= 11 is 5.90. The molecule has 0 saturated carbocycles. The van der Waals surface area contributed by atoms with Crippen molar-refractivity contribution in [3.63, 3.8) is 0 Å². The van der Waals surface area contributed by atoms with Gasteiger partial charge in [-0.2, -0.15) is 0 Å². The quantitative estimate of drug-likeness (QED) is 0.616. The van der Waals surface area contributed by atoms with E-state index >= 15 is 0 Å². The number of ether oxygens (including phenoxy) is 1. The molecular weight excluding hydrogens is 441 g/mol. The van der Waals surface area contributed by atoms with E-state index in [1.807, 2.05) is 12.1 Å². The molecule has 0 heterocycles. The molecule has 0 aliphatic carbocycles. The molecule has 4 heteroatoms. The largest absolute Gasteiger partial charge is 0.496 e. The molecule has 0 spiro atoms. The van der Waals surface area contributed by atoms with Gasteiger partial charge in [-0.3, -0.25) is 0 Å². The lowest BCUT2D eigenvalue weighted by Gasteiger charge is -2.20. The van der Waals surface area contributed by atoms with E-state index in [0.717, 1.165) is 23.2 Å². The normalized spacial score (nSPS) is 12.2. The lowest BCUT2D eigenvalue weighted by atomic mass is 9.98. The highest BCUT2D eigenvalue weighted by atomic mass is 127. The molecule has 0 amide bonds. The number of methoxy groups -OCH3 is 1. The zero-order valence-electron chi connectivity index (χ0n) is 12.2. The number of benzene rings is 2. The summed E-state index contributed by atoms with van der Waals surface area (Å²) in [6.07, 6.45) is 0.899. The van der Waals surface area contributed by atoms with E-state index in [-0.39, 0.29) is 6.04 Å². The van der Waals surface area contributed by atoms with E-state index in [4.69, 9.17) is 4.74 Å². The van der Waals surface area contributed by atoms with Crippen LogP contribution in [0.4, 0.5) is 0 Å². The van der Waals surface area contributed by atoms with E-state index in [1.54, 1.807) is 7.11 Å². The molecule has 2 aromatic rings. The minimum atomic E-state index is 0.285. The average molecular weight is 460 g/mol. The van der Waals surface area contributed by atoms with Gasteiger partial charge in [-0.25, -0.2) is 0 Å². The molecule has 1 atom stereocenters. The monoisotopic (exact) mass is 459 g/mol. The predicted octanol–water partition coefficient (Wildman–Crippen LogP) is 4.96. The molecular formula is C17H19BrINO. The predicted molar refractivity (Wildman–Crippen MR) is 100.0 cm³/mol. The van der Waals surface area contributed by atoms with Crippen molar-refractivity contribution in [1.82, 2.24) is 5.32 Å².